The minimum absolute atomic E-state index is 0.0616. The molecule has 100 valence electrons. The zero-order chi connectivity index (χ0) is 13.7. The zero-order valence-corrected chi connectivity index (χ0v) is 10.9. The second-order valence-corrected chi connectivity index (χ2v) is 4.07. The Labute approximate surface area is 111 Å². The molecule has 0 bridgehead atoms. The summed E-state index contributed by atoms with van der Waals surface area (Å²) in [4.78, 5) is 8.27. The van der Waals surface area contributed by atoms with Crippen LogP contribution in [0, 0.1) is 0 Å². The smallest absolute Gasteiger partial charge is 0.238 e. The van der Waals surface area contributed by atoms with Crippen molar-refractivity contribution in [1.82, 2.24) is 9.97 Å². The van der Waals surface area contributed by atoms with Crippen molar-refractivity contribution in [3.63, 3.8) is 0 Å². The number of ether oxygens (including phenoxy) is 2. The van der Waals surface area contributed by atoms with E-state index in [4.69, 9.17) is 9.47 Å². The van der Waals surface area contributed by atoms with E-state index in [9.17, 15) is 5.11 Å². The monoisotopic (exact) mass is 260 g/mol. The third-order valence-electron chi connectivity index (χ3n) is 2.85. The minimum atomic E-state index is -1.39. The molecule has 5 heteroatoms. The average Bonchev–Trinajstić information content (AvgIpc) is 2.48. The van der Waals surface area contributed by atoms with Gasteiger partial charge in [0.05, 0.1) is 13.7 Å². The Morgan fingerprint density at radius 2 is 1.79 bits per heavy atom. The van der Waals surface area contributed by atoms with Gasteiger partial charge in [-0.25, -0.2) is 4.98 Å². The van der Waals surface area contributed by atoms with Gasteiger partial charge in [-0.2, -0.15) is 0 Å². The van der Waals surface area contributed by atoms with Gasteiger partial charge in [-0.15, -0.1) is 0 Å². The Balaban J connectivity index is 2.56. The summed E-state index contributed by atoms with van der Waals surface area (Å²) in [5, 5.41) is 11.0. The molecular formula is C14H16N2O3. The maximum atomic E-state index is 11.0. The van der Waals surface area contributed by atoms with Crippen LogP contribution < -0.4 is 4.74 Å². The quantitative estimate of drug-likeness (QED) is 0.879. The van der Waals surface area contributed by atoms with Gasteiger partial charge < -0.3 is 14.6 Å². The molecule has 19 heavy (non-hydrogen) atoms. The molecule has 0 saturated heterocycles. The fourth-order valence-electron chi connectivity index (χ4n) is 1.97. The van der Waals surface area contributed by atoms with Crippen LogP contribution in [0.5, 0.6) is 5.88 Å². The van der Waals surface area contributed by atoms with E-state index < -0.39 is 5.60 Å². The van der Waals surface area contributed by atoms with Crippen LogP contribution in [0.2, 0.25) is 0 Å². The van der Waals surface area contributed by atoms with Gasteiger partial charge in [0.15, 0.2) is 5.60 Å². The van der Waals surface area contributed by atoms with Crippen LogP contribution in [-0.2, 0) is 10.3 Å². The van der Waals surface area contributed by atoms with Crippen molar-refractivity contribution in [2.45, 2.75) is 5.60 Å². The van der Waals surface area contributed by atoms with Crippen molar-refractivity contribution >= 4 is 0 Å². The lowest BCUT2D eigenvalue weighted by atomic mass is 9.91. The lowest BCUT2D eigenvalue weighted by molar-refractivity contribution is -0.00845. The number of rotatable bonds is 5. The number of methoxy groups -OCH3 is 2. The lowest BCUT2D eigenvalue weighted by Gasteiger charge is -2.27. The molecule has 0 spiro atoms. The molecule has 2 aromatic rings. The number of hydrogen-bond donors (Lipinski definition) is 1. The van der Waals surface area contributed by atoms with Crippen LogP contribution in [0.1, 0.15) is 11.3 Å². The van der Waals surface area contributed by atoms with Gasteiger partial charge in [0.2, 0.25) is 5.88 Å². The van der Waals surface area contributed by atoms with Crippen LogP contribution >= 0.6 is 0 Å². The highest BCUT2D eigenvalue weighted by molar-refractivity contribution is 5.37. The highest BCUT2D eigenvalue weighted by atomic mass is 16.5. The van der Waals surface area contributed by atoms with Gasteiger partial charge in [0, 0.05) is 19.5 Å². The van der Waals surface area contributed by atoms with Crippen molar-refractivity contribution in [3.05, 3.63) is 54.0 Å². The average molecular weight is 260 g/mol. The standard InChI is InChI=1S/C14H16N2O3/c1-18-10-14(17,11-6-4-3-5-7-11)12-13(19-2)16-9-8-15-12/h3-9,17H,10H2,1-2H3. The largest absolute Gasteiger partial charge is 0.480 e. The highest BCUT2D eigenvalue weighted by Crippen LogP contribution is 2.32. The Bertz CT molecular complexity index is 533. The van der Waals surface area contributed by atoms with E-state index in [2.05, 4.69) is 9.97 Å². The van der Waals surface area contributed by atoms with Crippen molar-refractivity contribution in [3.8, 4) is 5.88 Å². The van der Waals surface area contributed by atoms with Crippen LogP contribution in [0.3, 0.4) is 0 Å². The molecule has 0 radical (unpaired) electrons. The van der Waals surface area contributed by atoms with Crippen LogP contribution in [0.4, 0.5) is 0 Å². The Hall–Kier alpha value is -1.98. The lowest BCUT2D eigenvalue weighted by Crippen LogP contribution is -2.34. The van der Waals surface area contributed by atoms with Crippen molar-refractivity contribution in [1.29, 1.82) is 0 Å². The fraction of sp³-hybridized carbons (Fsp3) is 0.286. The summed E-state index contributed by atoms with van der Waals surface area (Å²) in [6.07, 6.45) is 3.03. The van der Waals surface area contributed by atoms with Gasteiger partial charge in [-0.3, -0.25) is 4.98 Å². The van der Waals surface area contributed by atoms with Gasteiger partial charge in [-0.05, 0) is 5.56 Å². The highest BCUT2D eigenvalue weighted by Gasteiger charge is 2.36. The fourth-order valence-corrected chi connectivity index (χ4v) is 1.97. The molecule has 0 saturated carbocycles. The predicted molar refractivity (Wildman–Crippen MR) is 69.9 cm³/mol. The maximum absolute atomic E-state index is 11.0. The summed E-state index contributed by atoms with van der Waals surface area (Å²) in [6, 6.07) is 9.20. The Morgan fingerprint density at radius 1 is 1.11 bits per heavy atom. The number of nitrogens with zero attached hydrogens (tertiary/aromatic N) is 2. The topological polar surface area (TPSA) is 64.5 Å². The van der Waals surface area contributed by atoms with E-state index in [1.54, 1.807) is 0 Å². The molecule has 2 rings (SSSR count). The first kappa shape index (κ1) is 13.5. The summed E-state index contributed by atoms with van der Waals surface area (Å²) < 4.78 is 10.3. The minimum Gasteiger partial charge on any atom is -0.480 e. The molecule has 5 nitrogen and oxygen atoms in total. The molecule has 0 fully saturated rings. The van der Waals surface area contributed by atoms with Crippen LogP contribution in [0.15, 0.2) is 42.7 Å². The molecule has 0 aliphatic rings. The van der Waals surface area contributed by atoms with E-state index >= 15 is 0 Å². The van der Waals surface area contributed by atoms with Crippen molar-refractivity contribution in [2.24, 2.45) is 0 Å². The summed E-state index contributed by atoms with van der Waals surface area (Å²) in [5.41, 5.74) is -0.378. The van der Waals surface area contributed by atoms with E-state index in [0.717, 1.165) is 0 Å². The second kappa shape index (κ2) is 5.77. The molecule has 1 atom stereocenters. The summed E-state index contributed by atoms with van der Waals surface area (Å²) in [5.74, 6) is 0.283. The molecule has 0 aliphatic heterocycles. The number of aromatic nitrogens is 2. The van der Waals surface area contributed by atoms with Crippen molar-refractivity contribution < 1.29 is 14.6 Å². The number of benzene rings is 1. The van der Waals surface area contributed by atoms with E-state index in [0.29, 0.717) is 11.3 Å². The SMILES string of the molecule is COCC(O)(c1ccccc1)c1nccnc1OC. The van der Waals surface area contributed by atoms with Gasteiger partial charge in [-0.1, -0.05) is 30.3 Å². The zero-order valence-electron chi connectivity index (χ0n) is 10.9. The molecule has 1 unspecified atom stereocenters. The number of hydrogen-bond acceptors (Lipinski definition) is 5. The van der Waals surface area contributed by atoms with E-state index in [-0.39, 0.29) is 12.5 Å². The molecule has 1 aromatic heterocycles. The first-order valence-electron chi connectivity index (χ1n) is 5.84. The molecule has 1 heterocycles. The molecular weight excluding hydrogens is 244 g/mol. The van der Waals surface area contributed by atoms with E-state index in [1.165, 1.54) is 26.6 Å². The van der Waals surface area contributed by atoms with Gasteiger partial charge in [0.1, 0.15) is 5.69 Å². The summed E-state index contributed by atoms with van der Waals surface area (Å²) in [6.45, 7) is 0.0616. The molecule has 0 amide bonds. The summed E-state index contributed by atoms with van der Waals surface area (Å²) >= 11 is 0. The van der Waals surface area contributed by atoms with Gasteiger partial charge in [0.25, 0.3) is 0 Å². The predicted octanol–water partition coefficient (Wildman–Crippen LogP) is 1.37. The first-order valence-corrected chi connectivity index (χ1v) is 5.84. The normalized spacial score (nSPS) is 13.8. The third-order valence-corrected chi connectivity index (χ3v) is 2.85. The molecule has 0 aliphatic carbocycles. The van der Waals surface area contributed by atoms with Crippen LogP contribution in [-0.4, -0.2) is 35.9 Å². The van der Waals surface area contributed by atoms with Crippen molar-refractivity contribution in [2.75, 3.05) is 20.8 Å². The Kier molecular flexibility index (Phi) is 4.09. The second-order valence-electron chi connectivity index (χ2n) is 4.07. The maximum Gasteiger partial charge on any atom is 0.238 e. The third kappa shape index (κ3) is 2.57. The van der Waals surface area contributed by atoms with Gasteiger partial charge >= 0.3 is 0 Å². The Morgan fingerprint density at radius 3 is 2.42 bits per heavy atom. The van der Waals surface area contributed by atoms with Crippen LogP contribution in [0.25, 0.3) is 0 Å². The summed E-state index contributed by atoms with van der Waals surface area (Å²) in [7, 11) is 3.02. The molecule has 1 N–H and O–H groups in total. The number of aliphatic hydroxyl groups is 1. The first-order chi connectivity index (χ1) is 9.22. The molecule has 1 aromatic carbocycles. The van der Waals surface area contributed by atoms with E-state index in [1.807, 2.05) is 30.3 Å².